The van der Waals surface area contributed by atoms with Crippen LogP contribution >= 0.6 is 11.6 Å². The highest BCUT2D eigenvalue weighted by atomic mass is 35.5. The van der Waals surface area contributed by atoms with Crippen LogP contribution in [0.25, 0.3) is 0 Å². The topological polar surface area (TPSA) is 63.2 Å². The Balaban J connectivity index is 1.65. The van der Waals surface area contributed by atoms with Gasteiger partial charge in [0.15, 0.2) is 0 Å². The molecule has 2 aromatic rings. The van der Waals surface area contributed by atoms with Crippen LogP contribution in [0.4, 0.5) is 9.18 Å². The Hall–Kier alpha value is -2.34. The number of carbonyl (C=O) groups excluding carboxylic acids is 1. The molecule has 7 heteroatoms. The fourth-order valence-electron chi connectivity index (χ4n) is 1.65. The molecule has 0 aliphatic carbocycles. The van der Waals surface area contributed by atoms with Crippen LogP contribution in [0.15, 0.2) is 42.6 Å². The first kappa shape index (κ1) is 16.0. The zero-order valence-corrected chi connectivity index (χ0v) is 12.4. The molecule has 0 atom stereocenters. The van der Waals surface area contributed by atoms with Gasteiger partial charge in [-0.15, -0.1) is 0 Å². The molecule has 0 aliphatic heterocycles. The fraction of sp³-hybridized carbons (Fsp3) is 0.200. The molecule has 0 radical (unpaired) electrons. The zero-order chi connectivity index (χ0) is 15.8. The van der Waals surface area contributed by atoms with Gasteiger partial charge < -0.3 is 15.4 Å². The molecule has 116 valence electrons. The molecule has 2 N–H and O–H groups in total. The van der Waals surface area contributed by atoms with Crippen LogP contribution in [0.1, 0.15) is 5.69 Å². The molecule has 0 fully saturated rings. The second kappa shape index (κ2) is 8.19. The highest BCUT2D eigenvalue weighted by Gasteiger charge is 2.04. The van der Waals surface area contributed by atoms with Crippen LogP contribution in [0.2, 0.25) is 5.02 Å². The van der Waals surface area contributed by atoms with Crippen molar-refractivity contribution in [1.82, 2.24) is 15.6 Å². The number of nitrogens with zero attached hydrogens (tertiary/aromatic N) is 1. The molecule has 0 aliphatic rings. The van der Waals surface area contributed by atoms with Crippen molar-refractivity contribution in [2.75, 3.05) is 13.2 Å². The Morgan fingerprint density at radius 1 is 1.27 bits per heavy atom. The third kappa shape index (κ3) is 5.21. The molecule has 2 rings (SSSR count). The molecular formula is C15H15ClFN3O2. The third-order valence-electron chi connectivity index (χ3n) is 2.70. The zero-order valence-electron chi connectivity index (χ0n) is 11.7. The number of ether oxygens (including phenoxy) is 1. The average Bonchev–Trinajstić information content (AvgIpc) is 2.52. The first-order valence-electron chi connectivity index (χ1n) is 6.64. The second-order valence-electron chi connectivity index (χ2n) is 4.35. The van der Waals surface area contributed by atoms with Gasteiger partial charge in [0.1, 0.15) is 18.2 Å². The average molecular weight is 324 g/mol. The lowest BCUT2D eigenvalue weighted by Crippen LogP contribution is -2.37. The standard InChI is InChI=1S/C15H15ClFN3O2/c16-13-9-11(17)4-5-14(13)22-8-7-19-15(21)20-10-12-3-1-2-6-18-12/h1-6,9H,7-8,10H2,(H2,19,20,21). The third-order valence-corrected chi connectivity index (χ3v) is 2.99. The number of hydrogen-bond acceptors (Lipinski definition) is 3. The SMILES string of the molecule is O=C(NCCOc1ccc(F)cc1Cl)NCc1ccccn1. The van der Waals surface area contributed by atoms with E-state index in [1.807, 2.05) is 18.2 Å². The summed E-state index contributed by atoms with van der Waals surface area (Å²) in [5, 5.41) is 5.50. The number of rotatable bonds is 6. The Kier molecular flexibility index (Phi) is 5.97. The van der Waals surface area contributed by atoms with Crippen LogP contribution < -0.4 is 15.4 Å². The first-order chi connectivity index (χ1) is 10.6. The predicted molar refractivity (Wildman–Crippen MR) is 81.4 cm³/mol. The van der Waals surface area contributed by atoms with Crippen LogP contribution in [0, 0.1) is 5.82 Å². The van der Waals surface area contributed by atoms with Gasteiger partial charge >= 0.3 is 6.03 Å². The number of halogens is 2. The Labute approximate surface area is 132 Å². The molecule has 0 saturated carbocycles. The van der Waals surface area contributed by atoms with Crippen molar-refractivity contribution in [3.05, 3.63) is 59.1 Å². The van der Waals surface area contributed by atoms with Crippen molar-refractivity contribution in [3.8, 4) is 5.75 Å². The molecule has 5 nitrogen and oxygen atoms in total. The summed E-state index contributed by atoms with van der Waals surface area (Å²) in [7, 11) is 0. The van der Waals surface area contributed by atoms with Gasteiger partial charge in [-0.25, -0.2) is 9.18 Å². The van der Waals surface area contributed by atoms with Gasteiger partial charge in [0.2, 0.25) is 0 Å². The van der Waals surface area contributed by atoms with E-state index in [2.05, 4.69) is 15.6 Å². The van der Waals surface area contributed by atoms with Crippen molar-refractivity contribution >= 4 is 17.6 Å². The minimum absolute atomic E-state index is 0.194. The molecule has 1 heterocycles. The normalized spacial score (nSPS) is 10.1. The Bertz CT molecular complexity index is 625. The lowest BCUT2D eigenvalue weighted by atomic mass is 10.3. The summed E-state index contributed by atoms with van der Waals surface area (Å²) in [4.78, 5) is 15.6. The van der Waals surface area contributed by atoms with Gasteiger partial charge in [-0.2, -0.15) is 0 Å². The summed E-state index contributed by atoms with van der Waals surface area (Å²) < 4.78 is 18.2. The van der Waals surface area contributed by atoms with Crippen LogP contribution in [0.3, 0.4) is 0 Å². The fourth-order valence-corrected chi connectivity index (χ4v) is 1.88. The lowest BCUT2D eigenvalue weighted by molar-refractivity contribution is 0.236. The number of aromatic nitrogens is 1. The summed E-state index contributed by atoms with van der Waals surface area (Å²) in [6.45, 7) is 0.863. The summed E-state index contributed by atoms with van der Waals surface area (Å²) >= 11 is 5.82. The van der Waals surface area contributed by atoms with E-state index in [1.165, 1.54) is 18.2 Å². The molecule has 0 unspecified atom stereocenters. The first-order valence-corrected chi connectivity index (χ1v) is 7.02. The van der Waals surface area contributed by atoms with Gasteiger partial charge in [-0.3, -0.25) is 4.98 Å². The van der Waals surface area contributed by atoms with Gasteiger partial charge in [-0.1, -0.05) is 17.7 Å². The minimum atomic E-state index is -0.427. The van der Waals surface area contributed by atoms with Crippen LogP contribution in [-0.2, 0) is 6.54 Å². The number of carbonyl (C=O) groups is 1. The van der Waals surface area contributed by atoms with Crippen molar-refractivity contribution in [1.29, 1.82) is 0 Å². The van der Waals surface area contributed by atoms with E-state index in [-0.39, 0.29) is 17.7 Å². The molecule has 2 amide bonds. The predicted octanol–water partition coefficient (Wildman–Crippen LogP) is 2.75. The molecular weight excluding hydrogens is 309 g/mol. The highest BCUT2D eigenvalue weighted by Crippen LogP contribution is 2.24. The number of urea groups is 1. The Morgan fingerprint density at radius 3 is 2.86 bits per heavy atom. The molecule has 0 bridgehead atoms. The van der Waals surface area contributed by atoms with Crippen LogP contribution in [0.5, 0.6) is 5.75 Å². The number of hydrogen-bond donors (Lipinski definition) is 2. The number of benzene rings is 1. The van der Waals surface area contributed by atoms with E-state index >= 15 is 0 Å². The molecule has 0 saturated heterocycles. The molecule has 22 heavy (non-hydrogen) atoms. The van der Waals surface area contributed by atoms with E-state index in [9.17, 15) is 9.18 Å². The lowest BCUT2D eigenvalue weighted by Gasteiger charge is -2.10. The van der Waals surface area contributed by atoms with E-state index < -0.39 is 5.82 Å². The van der Waals surface area contributed by atoms with Gasteiger partial charge in [0, 0.05) is 6.20 Å². The minimum Gasteiger partial charge on any atom is -0.490 e. The van der Waals surface area contributed by atoms with Crippen molar-refractivity contribution in [2.24, 2.45) is 0 Å². The molecule has 1 aromatic carbocycles. The largest absolute Gasteiger partial charge is 0.490 e. The second-order valence-corrected chi connectivity index (χ2v) is 4.76. The van der Waals surface area contributed by atoms with E-state index in [0.29, 0.717) is 18.8 Å². The Morgan fingerprint density at radius 2 is 2.14 bits per heavy atom. The van der Waals surface area contributed by atoms with Crippen molar-refractivity contribution in [3.63, 3.8) is 0 Å². The van der Waals surface area contributed by atoms with Gasteiger partial charge in [-0.05, 0) is 30.3 Å². The maximum atomic E-state index is 12.9. The quantitative estimate of drug-likeness (QED) is 0.803. The van der Waals surface area contributed by atoms with Crippen molar-refractivity contribution in [2.45, 2.75) is 6.54 Å². The number of nitrogens with one attached hydrogen (secondary N) is 2. The maximum absolute atomic E-state index is 12.9. The highest BCUT2D eigenvalue weighted by molar-refractivity contribution is 6.32. The van der Waals surface area contributed by atoms with Gasteiger partial charge in [0.25, 0.3) is 0 Å². The summed E-state index contributed by atoms with van der Waals surface area (Å²) in [5.41, 5.74) is 0.770. The summed E-state index contributed by atoms with van der Waals surface area (Å²) in [5.74, 6) is -0.0527. The van der Waals surface area contributed by atoms with Crippen molar-refractivity contribution < 1.29 is 13.9 Å². The molecule has 1 aromatic heterocycles. The van der Waals surface area contributed by atoms with E-state index in [4.69, 9.17) is 16.3 Å². The van der Waals surface area contributed by atoms with E-state index in [0.717, 1.165) is 5.69 Å². The summed E-state index contributed by atoms with van der Waals surface area (Å²) in [6, 6.07) is 9.03. The van der Waals surface area contributed by atoms with E-state index in [1.54, 1.807) is 6.20 Å². The molecule has 0 spiro atoms. The number of pyridine rings is 1. The smallest absolute Gasteiger partial charge is 0.315 e. The number of amides is 2. The van der Waals surface area contributed by atoms with Gasteiger partial charge in [0.05, 0.1) is 23.8 Å². The maximum Gasteiger partial charge on any atom is 0.315 e. The monoisotopic (exact) mass is 323 g/mol. The van der Waals surface area contributed by atoms with Crippen LogP contribution in [-0.4, -0.2) is 24.2 Å². The summed E-state index contributed by atoms with van der Waals surface area (Å²) in [6.07, 6.45) is 1.66.